The van der Waals surface area contributed by atoms with Gasteiger partial charge in [-0.15, -0.1) is 0 Å². The van der Waals surface area contributed by atoms with Crippen molar-refractivity contribution in [2.75, 3.05) is 0 Å². The molecule has 1 atom stereocenters. The molecule has 6 heteroatoms. The van der Waals surface area contributed by atoms with Crippen LogP contribution in [0.2, 0.25) is 0 Å². The molecule has 1 spiro atoms. The van der Waals surface area contributed by atoms with Crippen molar-refractivity contribution in [1.82, 2.24) is 15.3 Å². The van der Waals surface area contributed by atoms with E-state index < -0.39 is 11.5 Å². The first-order valence-corrected chi connectivity index (χ1v) is 6.90. The van der Waals surface area contributed by atoms with E-state index in [1.807, 2.05) is 6.07 Å². The number of fused-ring (bicyclic) bond motifs is 3. The second-order valence-corrected chi connectivity index (χ2v) is 5.66. The quantitative estimate of drug-likeness (QED) is 0.684. The maximum Gasteiger partial charge on any atom is 0.317 e. The Morgan fingerprint density at radius 1 is 1.24 bits per heavy atom. The molecule has 5 nitrogen and oxygen atoms in total. The molecule has 0 unspecified atom stereocenters. The summed E-state index contributed by atoms with van der Waals surface area (Å²) in [5.41, 5.74) is 2.33. The van der Waals surface area contributed by atoms with Gasteiger partial charge in [0.1, 0.15) is 5.82 Å². The lowest BCUT2D eigenvalue weighted by atomic mass is 9.82. The van der Waals surface area contributed by atoms with E-state index in [4.69, 9.17) is 0 Å². The molecule has 0 bridgehead atoms. The minimum absolute atomic E-state index is 0.216. The average molecular weight is 287 g/mol. The van der Waals surface area contributed by atoms with Gasteiger partial charge in [0.25, 0.3) is 0 Å². The third kappa shape index (κ3) is 1.72. The maximum atomic E-state index is 14.3. The number of benzene rings is 1. The Bertz CT molecular complexity index is 750. The fourth-order valence-electron chi connectivity index (χ4n) is 3.58. The Labute approximate surface area is 120 Å². The van der Waals surface area contributed by atoms with Crippen molar-refractivity contribution in [2.45, 2.75) is 31.3 Å². The third-order valence-electron chi connectivity index (χ3n) is 4.53. The summed E-state index contributed by atoms with van der Waals surface area (Å²) in [6.45, 7) is 0.356. The molecular formula is C15H14FN3O2. The number of hydrogen-bond donors (Lipinski definition) is 3. The van der Waals surface area contributed by atoms with Crippen LogP contribution in [-0.4, -0.2) is 20.2 Å². The predicted octanol–water partition coefficient (Wildman–Crippen LogP) is 1.51. The molecule has 2 aliphatic rings. The molecule has 0 radical (unpaired) electrons. The van der Waals surface area contributed by atoms with E-state index in [0.29, 0.717) is 29.8 Å². The van der Waals surface area contributed by atoms with Gasteiger partial charge in [0.2, 0.25) is 5.88 Å². The number of hydrogen-bond acceptors (Lipinski definition) is 5. The summed E-state index contributed by atoms with van der Waals surface area (Å²) in [5.74, 6) is -0.435. The van der Waals surface area contributed by atoms with Crippen LogP contribution in [0, 0.1) is 5.82 Å². The molecule has 0 saturated heterocycles. The summed E-state index contributed by atoms with van der Waals surface area (Å²) < 4.78 is 14.3. The normalized spacial score (nSPS) is 23.1. The highest BCUT2D eigenvalue weighted by Crippen LogP contribution is 2.44. The van der Waals surface area contributed by atoms with Crippen molar-refractivity contribution in [3.05, 3.63) is 46.4 Å². The second-order valence-electron chi connectivity index (χ2n) is 5.66. The monoisotopic (exact) mass is 287 g/mol. The van der Waals surface area contributed by atoms with Crippen LogP contribution in [-0.2, 0) is 24.9 Å². The molecule has 1 aliphatic carbocycles. The van der Waals surface area contributed by atoms with Crippen LogP contribution in [0.1, 0.15) is 28.8 Å². The fraction of sp³-hybridized carbons (Fsp3) is 0.333. The average Bonchev–Trinajstić information content (AvgIpc) is 2.78. The SMILES string of the molecule is Oc1nc(O)c2c(n1)C[C@]1(CCc3cccc(F)c31)NC2. The van der Waals surface area contributed by atoms with E-state index in [1.54, 1.807) is 6.07 Å². The standard InChI is InChI=1S/C15H14FN3O2/c16-10-3-1-2-8-4-5-15(12(8)10)6-11-9(7-17-15)13(20)19-14(21)18-11/h1-3,17H,4-7H2,(H2,18,19,20,21)/t15-/m0/s1. The van der Waals surface area contributed by atoms with Crippen molar-refractivity contribution in [1.29, 1.82) is 0 Å². The number of aromatic hydroxyl groups is 2. The van der Waals surface area contributed by atoms with Crippen molar-refractivity contribution >= 4 is 0 Å². The minimum atomic E-state index is -0.513. The lowest BCUT2D eigenvalue weighted by Gasteiger charge is -2.36. The zero-order valence-electron chi connectivity index (χ0n) is 11.2. The van der Waals surface area contributed by atoms with Crippen molar-refractivity contribution in [3.63, 3.8) is 0 Å². The van der Waals surface area contributed by atoms with Crippen LogP contribution in [0.15, 0.2) is 18.2 Å². The van der Waals surface area contributed by atoms with Crippen LogP contribution in [0.4, 0.5) is 4.39 Å². The highest BCUT2D eigenvalue weighted by molar-refractivity contribution is 5.44. The summed E-state index contributed by atoms with van der Waals surface area (Å²) in [7, 11) is 0. The van der Waals surface area contributed by atoms with E-state index >= 15 is 0 Å². The molecule has 0 amide bonds. The van der Waals surface area contributed by atoms with Gasteiger partial charge in [0.05, 0.1) is 11.2 Å². The molecule has 2 heterocycles. The lowest BCUT2D eigenvalue weighted by molar-refractivity contribution is 0.282. The summed E-state index contributed by atoms with van der Waals surface area (Å²) in [6, 6.07) is 4.69. The molecular weight excluding hydrogens is 273 g/mol. The van der Waals surface area contributed by atoms with E-state index in [-0.39, 0.29) is 11.7 Å². The Morgan fingerprint density at radius 3 is 2.95 bits per heavy atom. The molecule has 21 heavy (non-hydrogen) atoms. The molecule has 1 aromatic heterocycles. The molecule has 1 aliphatic heterocycles. The topological polar surface area (TPSA) is 78.3 Å². The maximum absolute atomic E-state index is 14.3. The molecule has 4 rings (SSSR count). The summed E-state index contributed by atoms with van der Waals surface area (Å²) in [6.07, 6.45) is 2.01. The van der Waals surface area contributed by atoms with E-state index in [2.05, 4.69) is 15.3 Å². The van der Waals surface area contributed by atoms with Gasteiger partial charge in [-0.3, -0.25) is 0 Å². The zero-order chi connectivity index (χ0) is 14.6. The molecule has 108 valence electrons. The largest absolute Gasteiger partial charge is 0.493 e. The lowest BCUT2D eigenvalue weighted by Crippen LogP contribution is -2.46. The van der Waals surface area contributed by atoms with Gasteiger partial charge in [-0.05, 0) is 24.5 Å². The van der Waals surface area contributed by atoms with Crippen LogP contribution < -0.4 is 5.32 Å². The molecule has 1 aromatic carbocycles. The van der Waals surface area contributed by atoms with E-state index in [9.17, 15) is 14.6 Å². The van der Waals surface area contributed by atoms with Gasteiger partial charge in [0, 0.05) is 24.1 Å². The van der Waals surface area contributed by atoms with Crippen molar-refractivity contribution in [2.24, 2.45) is 0 Å². The number of aromatic nitrogens is 2. The van der Waals surface area contributed by atoms with Gasteiger partial charge in [-0.2, -0.15) is 9.97 Å². The molecule has 0 fully saturated rings. The first-order chi connectivity index (χ1) is 10.1. The Hall–Kier alpha value is -2.21. The molecule has 3 N–H and O–H groups in total. The van der Waals surface area contributed by atoms with Crippen LogP contribution in [0.25, 0.3) is 0 Å². The fourth-order valence-corrected chi connectivity index (χ4v) is 3.58. The van der Waals surface area contributed by atoms with Gasteiger partial charge >= 0.3 is 6.01 Å². The van der Waals surface area contributed by atoms with Gasteiger partial charge in [-0.1, -0.05) is 12.1 Å². The van der Waals surface area contributed by atoms with Gasteiger partial charge in [0.15, 0.2) is 0 Å². The Kier molecular flexibility index (Phi) is 2.47. The van der Waals surface area contributed by atoms with Crippen molar-refractivity contribution in [3.8, 4) is 11.9 Å². The van der Waals surface area contributed by atoms with Gasteiger partial charge < -0.3 is 15.5 Å². The Balaban J connectivity index is 1.84. The van der Waals surface area contributed by atoms with Crippen LogP contribution in [0.3, 0.4) is 0 Å². The number of nitrogens with zero attached hydrogens (tertiary/aromatic N) is 2. The first-order valence-electron chi connectivity index (χ1n) is 6.90. The zero-order valence-corrected chi connectivity index (χ0v) is 11.2. The predicted molar refractivity (Wildman–Crippen MR) is 72.3 cm³/mol. The number of rotatable bonds is 0. The molecule has 0 saturated carbocycles. The summed E-state index contributed by atoms with van der Waals surface area (Å²) >= 11 is 0. The summed E-state index contributed by atoms with van der Waals surface area (Å²) in [5, 5.41) is 22.6. The number of halogens is 1. The van der Waals surface area contributed by atoms with Crippen LogP contribution >= 0.6 is 0 Å². The van der Waals surface area contributed by atoms with Crippen LogP contribution in [0.5, 0.6) is 11.9 Å². The first kappa shape index (κ1) is 12.5. The summed E-state index contributed by atoms with van der Waals surface area (Å²) in [4.78, 5) is 7.57. The Morgan fingerprint density at radius 2 is 2.10 bits per heavy atom. The van der Waals surface area contributed by atoms with E-state index in [1.165, 1.54) is 6.07 Å². The number of aryl methyl sites for hydroxylation is 1. The highest BCUT2D eigenvalue weighted by Gasteiger charge is 2.44. The van der Waals surface area contributed by atoms with Crippen molar-refractivity contribution < 1.29 is 14.6 Å². The highest BCUT2D eigenvalue weighted by atomic mass is 19.1. The smallest absolute Gasteiger partial charge is 0.317 e. The molecule has 2 aromatic rings. The second kappa shape index (κ2) is 4.14. The number of nitrogens with one attached hydrogen (secondary N) is 1. The van der Waals surface area contributed by atoms with Gasteiger partial charge in [-0.25, -0.2) is 4.39 Å². The minimum Gasteiger partial charge on any atom is -0.493 e. The third-order valence-corrected chi connectivity index (χ3v) is 4.53. The van der Waals surface area contributed by atoms with E-state index in [0.717, 1.165) is 18.4 Å².